The molecule has 2 aromatic heterocycles. The van der Waals surface area contributed by atoms with Crippen LogP contribution in [0.25, 0.3) is 11.2 Å². The highest BCUT2D eigenvalue weighted by molar-refractivity contribution is 5.81. The first-order chi connectivity index (χ1) is 14.4. The molecule has 1 atom stereocenters. The number of unbranched alkanes of at least 4 members (excludes halogenated alkanes) is 6. The molecule has 1 N–H and O–H groups in total. The van der Waals surface area contributed by atoms with Gasteiger partial charge in [0.2, 0.25) is 0 Å². The summed E-state index contributed by atoms with van der Waals surface area (Å²) in [7, 11) is 3.44. The predicted molar refractivity (Wildman–Crippen MR) is 120 cm³/mol. The molecule has 0 spiro atoms. The minimum atomic E-state index is -0.293. The van der Waals surface area contributed by atoms with Gasteiger partial charge in [0, 0.05) is 20.6 Å². The zero-order valence-electron chi connectivity index (χ0n) is 18.9. The lowest BCUT2D eigenvalue weighted by molar-refractivity contribution is 0.317. The van der Waals surface area contributed by atoms with Gasteiger partial charge < -0.3 is 9.77 Å². The molecule has 0 fully saturated rings. The lowest BCUT2D eigenvalue weighted by Crippen LogP contribution is -2.39. The van der Waals surface area contributed by atoms with Crippen molar-refractivity contribution in [2.45, 2.75) is 84.6 Å². The highest BCUT2D eigenvalue weighted by Crippen LogP contribution is 2.16. The summed E-state index contributed by atoms with van der Waals surface area (Å²) >= 11 is 0. The molecule has 0 aromatic carbocycles. The summed E-state index contributed by atoms with van der Waals surface area (Å²) in [5.74, 6) is 0.476. The molecule has 2 rings (SSSR count). The van der Waals surface area contributed by atoms with Crippen LogP contribution in [-0.4, -0.2) is 29.6 Å². The molecule has 0 amide bonds. The Hall–Kier alpha value is -2.38. The number of imidazole rings is 1. The third kappa shape index (κ3) is 6.31. The van der Waals surface area contributed by atoms with Gasteiger partial charge in [-0.2, -0.15) is 0 Å². The molecule has 168 valence electrons. The first-order valence-corrected chi connectivity index (χ1v) is 11.1. The number of aromatic nitrogens is 4. The Bertz CT molecular complexity index is 954. The molecule has 0 saturated heterocycles. The van der Waals surface area contributed by atoms with E-state index in [9.17, 15) is 9.59 Å². The SMILES string of the molecule is C/C(CCCCCCCCCC(C)CCn1c(=O)c2c(ncn2C)n(C)c1=O)=N\O. The molecule has 0 bridgehead atoms. The fourth-order valence-corrected chi connectivity index (χ4v) is 3.89. The number of hydrogen-bond donors (Lipinski definition) is 1. The van der Waals surface area contributed by atoms with Crippen molar-refractivity contribution in [1.82, 2.24) is 18.7 Å². The van der Waals surface area contributed by atoms with Crippen LogP contribution in [0.2, 0.25) is 0 Å². The van der Waals surface area contributed by atoms with Crippen LogP contribution in [-0.2, 0) is 20.6 Å². The van der Waals surface area contributed by atoms with E-state index in [1.165, 1.54) is 47.7 Å². The van der Waals surface area contributed by atoms with Gasteiger partial charge in [-0.15, -0.1) is 0 Å². The first-order valence-electron chi connectivity index (χ1n) is 11.1. The molecule has 0 saturated carbocycles. The molecular weight excluding hydrogens is 382 g/mol. The van der Waals surface area contributed by atoms with E-state index >= 15 is 0 Å². The predicted octanol–water partition coefficient (Wildman–Crippen LogP) is 3.82. The van der Waals surface area contributed by atoms with Crippen LogP contribution >= 0.6 is 0 Å². The maximum atomic E-state index is 12.7. The lowest BCUT2D eigenvalue weighted by atomic mass is 9.98. The molecule has 30 heavy (non-hydrogen) atoms. The van der Waals surface area contributed by atoms with Crippen LogP contribution in [0.3, 0.4) is 0 Å². The third-order valence-electron chi connectivity index (χ3n) is 5.95. The van der Waals surface area contributed by atoms with Crippen LogP contribution in [0.5, 0.6) is 0 Å². The van der Waals surface area contributed by atoms with Crippen LogP contribution in [0.1, 0.15) is 78.1 Å². The Morgan fingerprint density at radius 3 is 2.37 bits per heavy atom. The first kappa shape index (κ1) is 23.9. The molecule has 0 aliphatic carbocycles. The Balaban J connectivity index is 1.69. The van der Waals surface area contributed by atoms with Gasteiger partial charge in [-0.25, -0.2) is 9.78 Å². The van der Waals surface area contributed by atoms with Gasteiger partial charge >= 0.3 is 5.69 Å². The van der Waals surface area contributed by atoms with Crippen LogP contribution in [0.15, 0.2) is 21.1 Å². The number of nitrogens with zero attached hydrogens (tertiary/aromatic N) is 5. The zero-order valence-corrected chi connectivity index (χ0v) is 18.9. The van der Waals surface area contributed by atoms with Crippen molar-refractivity contribution in [2.24, 2.45) is 25.2 Å². The largest absolute Gasteiger partial charge is 0.411 e. The van der Waals surface area contributed by atoms with Gasteiger partial charge in [0.25, 0.3) is 5.56 Å². The van der Waals surface area contributed by atoms with Crippen molar-refractivity contribution in [2.75, 3.05) is 0 Å². The average Bonchev–Trinajstić information content (AvgIpc) is 3.12. The second-order valence-electron chi connectivity index (χ2n) is 8.57. The lowest BCUT2D eigenvalue weighted by Gasteiger charge is -2.13. The summed E-state index contributed by atoms with van der Waals surface area (Å²) in [6.45, 7) is 4.50. The van der Waals surface area contributed by atoms with Crippen molar-refractivity contribution in [3.05, 3.63) is 27.2 Å². The van der Waals surface area contributed by atoms with Gasteiger partial charge in [-0.3, -0.25) is 13.9 Å². The summed E-state index contributed by atoms with van der Waals surface area (Å²) in [4.78, 5) is 29.4. The highest BCUT2D eigenvalue weighted by Gasteiger charge is 2.15. The fourth-order valence-electron chi connectivity index (χ4n) is 3.89. The van der Waals surface area contributed by atoms with E-state index in [1.807, 2.05) is 6.92 Å². The second-order valence-corrected chi connectivity index (χ2v) is 8.57. The monoisotopic (exact) mass is 419 g/mol. The van der Waals surface area contributed by atoms with Crippen molar-refractivity contribution in [3.8, 4) is 0 Å². The molecule has 0 aliphatic heterocycles. The van der Waals surface area contributed by atoms with E-state index in [-0.39, 0.29) is 11.2 Å². The van der Waals surface area contributed by atoms with E-state index < -0.39 is 0 Å². The normalized spacial score (nSPS) is 13.3. The average molecular weight is 420 g/mol. The molecule has 1 unspecified atom stereocenters. The quantitative estimate of drug-likeness (QED) is 0.231. The summed E-state index contributed by atoms with van der Waals surface area (Å²) in [5, 5.41) is 11.8. The Morgan fingerprint density at radius 1 is 1.07 bits per heavy atom. The van der Waals surface area contributed by atoms with Gasteiger partial charge in [-0.05, 0) is 32.1 Å². The maximum absolute atomic E-state index is 12.7. The summed E-state index contributed by atoms with van der Waals surface area (Å²) in [5.41, 5.74) is 1.18. The van der Waals surface area contributed by atoms with Crippen molar-refractivity contribution in [3.63, 3.8) is 0 Å². The van der Waals surface area contributed by atoms with E-state index in [0.717, 1.165) is 31.4 Å². The number of hydrogen-bond acceptors (Lipinski definition) is 5. The Morgan fingerprint density at radius 2 is 1.70 bits per heavy atom. The second kappa shape index (κ2) is 11.7. The number of aryl methyl sites for hydroxylation is 2. The smallest absolute Gasteiger partial charge is 0.332 e. The number of fused-ring (bicyclic) bond motifs is 1. The van der Waals surface area contributed by atoms with Crippen LogP contribution in [0.4, 0.5) is 0 Å². The van der Waals surface area contributed by atoms with Crippen LogP contribution in [0, 0.1) is 5.92 Å². The standard InChI is InChI=1S/C22H37N5O3/c1-17(12-10-8-6-5-7-9-11-13-18(2)24-30)14-15-27-21(28)19-20(23-16-25(19)3)26(4)22(27)29/h16-17,30H,5-15H2,1-4H3/b24-18+. The van der Waals surface area contributed by atoms with Crippen LogP contribution < -0.4 is 11.2 Å². The topological polar surface area (TPSA) is 94.4 Å². The summed E-state index contributed by atoms with van der Waals surface area (Å²) in [6, 6.07) is 0. The minimum absolute atomic E-state index is 0.249. The maximum Gasteiger partial charge on any atom is 0.332 e. The van der Waals surface area contributed by atoms with Crippen molar-refractivity contribution < 1.29 is 5.21 Å². The number of rotatable bonds is 13. The molecule has 2 aromatic rings. The minimum Gasteiger partial charge on any atom is -0.411 e. The fraction of sp³-hybridized carbons (Fsp3) is 0.727. The van der Waals surface area contributed by atoms with E-state index in [4.69, 9.17) is 5.21 Å². The van der Waals surface area contributed by atoms with Gasteiger partial charge in [-0.1, -0.05) is 57.0 Å². The van der Waals surface area contributed by atoms with Gasteiger partial charge in [0.05, 0.1) is 12.0 Å². The Labute approximate surface area is 178 Å². The summed E-state index contributed by atoms with van der Waals surface area (Å²) in [6.07, 6.45) is 12.8. The Kier molecular flexibility index (Phi) is 9.33. The third-order valence-corrected chi connectivity index (χ3v) is 5.95. The van der Waals surface area contributed by atoms with Gasteiger partial charge in [0.15, 0.2) is 11.2 Å². The molecule has 0 aliphatic rings. The molecular formula is C22H37N5O3. The van der Waals surface area contributed by atoms with E-state index in [1.54, 1.807) is 25.0 Å². The van der Waals surface area contributed by atoms with E-state index in [0.29, 0.717) is 23.6 Å². The molecule has 8 nitrogen and oxygen atoms in total. The highest BCUT2D eigenvalue weighted by atomic mass is 16.4. The van der Waals surface area contributed by atoms with Gasteiger partial charge in [0.1, 0.15) is 0 Å². The van der Waals surface area contributed by atoms with E-state index in [2.05, 4.69) is 17.1 Å². The zero-order chi connectivity index (χ0) is 22.1. The summed E-state index contributed by atoms with van der Waals surface area (Å²) < 4.78 is 4.49. The van der Waals surface area contributed by atoms with Crippen molar-refractivity contribution in [1.29, 1.82) is 0 Å². The molecule has 8 heteroatoms. The molecule has 2 heterocycles. The van der Waals surface area contributed by atoms with Crippen molar-refractivity contribution >= 4 is 16.9 Å². The number of oxime groups is 1. The molecule has 0 radical (unpaired) electrons.